The smallest absolute Gasteiger partial charge is 0.124 e. The highest BCUT2D eigenvalue weighted by molar-refractivity contribution is 5.44. The summed E-state index contributed by atoms with van der Waals surface area (Å²) in [5.74, 6) is 1.77. The summed E-state index contributed by atoms with van der Waals surface area (Å²) < 4.78 is 5.47. The first-order valence-corrected chi connectivity index (χ1v) is 7.29. The van der Waals surface area contributed by atoms with Gasteiger partial charge in [-0.1, -0.05) is 32.9 Å². The number of ether oxygens (including phenoxy) is 1. The van der Waals surface area contributed by atoms with Crippen LogP contribution in [0.15, 0.2) is 12.1 Å². The summed E-state index contributed by atoms with van der Waals surface area (Å²) in [6.07, 6.45) is 1.31. The average Bonchev–Trinajstić information content (AvgIpc) is 2.94. The van der Waals surface area contributed by atoms with E-state index in [0.29, 0.717) is 11.5 Å². The molecular formula is C17H27NO. The zero-order chi connectivity index (χ0) is 14.2. The molecule has 1 aromatic rings. The molecule has 1 aliphatic carbocycles. The third-order valence-electron chi connectivity index (χ3n) is 4.46. The molecule has 2 heteroatoms. The molecule has 0 saturated heterocycles. The van der Waals surface area contributed by atoms with Crippen LogP contribution in [0, 0.1) is 25.2 Å². The highest BCUT2D eigenvalue weighted by Crippen LogP contribution is 2.57. The first-order chi connectivity index (χ1) is 8.90. The summed E-state index contributed by atoms with van der Waals surface area (Å²) >= 11 is 0. The SMILES string of the molecule is CCNC(c1cc(C)c(OC)c(C)c1)C1CC1(C)C. The average molecular weight is 261 g/mol. The van der Waals surface area contributed by atoms with Gasteiger partial charge in [-0.2, -0.15) is 0 Å². The Morgan fingerprint density at radius 3 is 2.21 bits per heavy atom. The van der Waals surface area contributed by atoms with Gasteiger partial charge >= 0.3 is 0 Å². The molecule has 1 aliphatic rings. The van der Waals surface area contributed by atoms with Gasteiger partial charge in [0.05, 0.1) is 7.11 Å². The fourth-order valence-corrected chi connectivity index (χ4v) is 3.27. The van der Waals surface area contributed by atoms with E-state index < -0.39 is 0 Å². The Bertz CT molecular complexity index is 441. The van der Waals surface area contributed by atoms with Crippen LogP contribution in [-0.4, -0.2) is 13.7 Å². The fourth-order valence-electron chi connectivity index (χ4n) is 3.27. The summed E-state index contributed by atoms with van der Waals surface area (Å²) in [7, 11) is 1.75. The summed E-state index contributed by atoms with van der Waals surface area (Å²) in [5.41, 5.74) is 4.36. The molecule has 106 valence electrons. The lowest BCUT2D eigenvalue weighted by atomic mass is 9.94. The van der Waals surface area contributed by atoms with E-state index in [2.05, 4.69) is 52.1 Å². The molecule has 0 amide bonds. The van der Waals surface area contributed by atoms with Crippen molar-refractivity contribution in [1.82, 2.24) is 5.32 Å². The zero-order valence-corrected chi connectivity index (χ0v) is 13.1. The lowest BCUT2D eigenvalue weighted by molar-refractivity contribution is 0.404. The van der Waals surface area contributed by atoms with Crippen LogP contribution in [0.25, 0.3) is 0 Å². The Morgan fingerprint density at radius 1 is 1.32 bits per heavy atom. The van der Waals surface area contributed by atoms with Crippen LogP contribution in [-0.2, 0) is 0 Å². The van der Waals surface area contributed by atoms with Gasteiger partial charge in [0, 0.05) is 6.04 Å². The molecule has 2 nitrogen and oxygen atoms in total. The molecule has 0 bridgehead atoms. The van der Waals surface area contributed by atoms with E-state index >= 15 is 0 Å². The fraction of sp³-hybridized carbons (Fsp3) is 0.647. The van der Waals surface area contributed by atoms with Crippen molar-refractivity contribution in [1.29, 1.82) is 0 Å². The molecule has 1 N–H and O–H groups in total. The molecule has 1 saturated carbocycles. The maximum Gasteiger partial charge on any atom is 0.124 e. The van der Waals surface area contributed by atoms with Gasteiger partial charge in [0.1, 0.15) is 5.75 Å². The monoisotopic (exact) mass is 261 g/mol. The second-order valence-corrected chi connectivity index (χ2v) is 6.52. The van der Waals surface area contributed by atoms with Gasteiger partial charge in [0.25, 0.3) is 0 Å². The maximum atomic E-state index is 5.47. The molecule has 0 aliphatic heterocycles. The predicted octanol–water partition coefficient (Wildman–Crippen LogP) is 4.01. The topological polar surface area (TPSA) is 21.3 Å². The van der Waals surface area contributed by atoms with E-state index in [1.807, 2.05) is 0 Å². The first kappa shape index (κ1) is 14.4. The lowest BCUT2D eigenvalue weighted by Gasteiger charge is -2.22. The van der Waals surface area contributed by atoms with Gasteiger partial charge in [-0.15, -0.1) is 0 Å². The summed E-state index contributed by atoms with van der Waals surface area (Å²) in [4.78, 5) is 0. The number of hydrogen-bond donors (Lipinski definition) is 1. The normalized spacial score (nSPS) is 22.1. The van der Waals surface area contributed by atoms with Crippen molar-refractivity contribution >= 4 is 0 Å². The molecule has 1 fully saturated rings. The standard InChI is InChI=1S/C17H27NO/c1-7-18-15(14-10-17(14,4)5)13-8-11(2)16(19-6)12(3)9-13/h8-9,14-15,18H,7,10H2,1-6H3. The van der Waals surface area contributed by atoms with Gasteiger partial charge in [-0.25, -0.2) is 0 Å². The van der Waals surface area contributed by atoms with Crippen molar-refractivity contribution in [2.24, 2.45) is 11.3 Å². The number of benzene rings is 1. The van der Waals surface area contributed by atoms with Gasteiger partial charge < -0.3 is 10.1 Å². The quantitative estimate of drug-likeness (QED) is 0.864. The summed E-state index contributed by atoms with van der Waals surface area (Å²) in [5, 5.41) is 3.67. The second-order valence-electron chi connectivity index (χ2n) is 6.52. The van der Waals surface area contributed by atoms with Crippen LogP contribution >= 0.6 is 0 Å². The van der Waals surface area contributed by atoms with Crippen molar-refractivity contribution in [3.05, 3.63) is 28.8 Å². The van der Waals surface area contributed by atoms with Crippen molar-refractivity contribution in [2.45, 2.75) is 47.1 Å². The molecule has 0 spiro atoms. The molecule has 0 radical (unpaired) electrons. The van der Waals surface area contributed by atoms with E-state index in [-0.39, 0.29) is 0 Å². The predicted molar refractivity (Wildman–Crippen MR) is 80.8 cm³/mol. The maximum absolute atomic E-state index is 5.47. The van der Waals surface area contributed by atoms with E-state index in [1.165, 1.54) is 23.1 Å². The molecular weight excluding hydrogens is 234 g/mol. The Kier molecular flexibility index (Phi) is 3.91. The van der Waals surface area contributed by atoms with Crippen molar-refractivity contribution < 1.29 is 4.74 Å². The molecule has 2 atom stereocenters. The third-order valence-corrected chi connectivity index (χ3v) is 4.46. The van der Waals surface area contributed by atoms with Crippen molar-refractivity contribution in [2.75, 3.05) is 13.7 Å². The van der Waals surface area contributed by atoms with Crippen LogP contribution in [0.2, 0.25) is 0 Å². The van der Waals surface area contributed by atoms with Crippen LogP contribution in [0.4, 0.5) is 0 Å². The molecule has 2 rings (SSSR count). The highest BCUT2D eigenvalue weighted by Gasteiger charge is 2.50. The number of rotatable bonds is 5. The van der Waals surface area contributed by atoms with Crippen LogP contribution in [0.5, 0.6) is 5.75 Å². The molecule has 1 aromatic carbocycles. The Labute approximate surface area is 117 Å². The Balaban J connectivity index is 2.33. The van der Waals surface area contributed by atoms with Crippen LogP contribution in [0.3, 0.4) is 0 Å². The van der Waals surface area contributed by atoms with Crippen LogP contribution < -0.4 is 10.1 Å². The minimum atomic E-state index is 0.475. The Hall–Kier alpha value is -1.02. The summed E-state index contributed by atoms with van der Waals surface area (Å²) in [6, 6.07) is 5.05. The minimum absolute atomic E-state index is 0.475. The van der Waals surface area contributed by atoms with E-state index in [1.54, 1.807) is 7.11 Å². The number of methoxy groups -OCH3 is 1. The van der Waals surface area contributed by atoms with Crippen molar-refractivity contribution in [3.63, 3.8) is 0 Å². The van der Waals surface area contributed by atoms with Gasteiger partial charge in [-0.05, 0) is 54.8 Å². The number of hydrogen-bond acceptors (Lipinski definition) is 2. The number of nitrogens with one attached hydrogen (secondary N) is 1. The summed E-state index contributed by atoms with van der Waals surface area (Å²) in [6.45, 7) is 12.2. The van der Waals surface area contributed by atoms with Gasteiger partial charge in [0.15, 0.2) is 0 Å². The number of aryl methyl sites for hydroxylation is 2. The lowest BCUT2D eigenvalue weighted by Crippen LogP contribution is -2.24. The second kappa shape index (κ2) is 5.16. The van der Waals surface area contributed by atoms with Gasteiger partial charge in [-0.3, -0.25) is 0 Å². The van der Waals surface area contributed by atoms with Crippen molar-refractivity contribution in [3.8, 4) is 5.75 Å². The third kappa shape index (κ3) is 2.79. The largest absolute Gasteiger partial charge is 0.496 e. The van der Waals surface area contributed by atoms with Crippen LogP contribution in [0.1, 0.15) is 49.9 Å². The highest BCUT2D eigenvalue weighted by atomic mass is 16.5. The molecule has 2 unspecified atom stereocenters. The first-order valence-electron chi connectivity index (χ1n) is 7.29. The molecule has 19 heavy (non-hydrogen) atoms. The molecule has 0 aromatic heterocycles. The van der Waals surface area contributed by atoms with E-state index in [9.17, 15) is 0 Å². The van der Waals surface area contributed by atoms with Gasteiger partial charge in [0.2, 0.25) is 0 Å². The molecule has 0 heterocycles. The van der Waals surface area contributed by atoms with E-state index in [0.717, 1.165) is 18.2 Å². The minimum Gasteiger partial charge on any atom is -0.496 e. The van der Waals surface area contributed by atoms with E-state index in [4.69, 9.17) is 4.74 Å². The zero-order valence-electron chi connectivity index (χ0n) is 13.1. The Morgan fingerprint density at radius 2 is 1.84 bits per heavy atom.